The summed E-state index contributed by atoms with van der Waals surface area (Å²) in [5.74, 6) is 0.927. The van der Waals surface area contributed by atoms with Crippen molar-refractivity contribution in [2.24, 2.45) is 0 Å². The molecule has 1 fully saturated rings. The van der Waals surface area contributed by atoms with E-state index >= 15 is 0 Å². The second-order valence-corrected chi connectivity index (χ2v) is 7.84. The first-order valence-corrected chi connectivity index (χ1v) is 10.9. The summed E-state index contributed by atoms with van der Waals surface area (Å²) in [4.78, 5) is 16.7. The zero-order valence-corrected chi connectivity index (χ0v) is 17.8. The van der Waals surface area contributed by atoms with Gasteiger partial charge >= 0.3 is 0 Å². The van der Waals surface area contributed by atoms with E-state index in [9.17, 15) is 4.79 Å². The molecule has 3 aromatic carbocycles. The van der Waals surface area contributed by atoms with Crippen LogP contribution in [0.15, 0.2) is 91.0 Å². The van der Waals surface area contributed by atoms with Gasteiger partial charge in [-0.15, -0.1) is 10.2 Å². The zero-order valence-electron chi connectivity index (χ0n) is 17.8. The van der Waals surface area contributed by atoms with E-state index in [4.69, 9.17) is 0 Å². The molecule has 0 unspecified atom stereocenters. The molecule has 5 nitrogen and oxygen atoms in total. The fourth-order valence-corrected chi connectivity index (χ4v) is 4.11. The van der Waals surface area contributed by atoms with Gasteiger partial charge in [0, 0.05) is 48.6 Å². The quantitative estimate of drug-likeness (QED) is 0.451. The lowest BCUT2D eigenvalue weighted by atomic mass is 10.0. The summed E-state index contributed by atoms with van der Waals surface area (Å²) in [6, 6.07) is 28.3. The van der Waals surface area contributed by atoms with Gasteiger partial charge in [0.1, 0.15) is 5.69 Å². The molecule has 1 aliphatic rings. The Labute approximate surface area is 187 Å². The molecule has 0 aliphatic carbocycles. The summed E-state index contributed by atoms with van der Waals surface area (Å²) in [7, 11) is 0. The smallest absolute Gasteiger partial charge is 0.246 e. The van der Waals surface area contributed by atoms with E-state index in [-0.39, 0.29) is 5.91 Å². The van der Waals surface area contributed by atoms with Crippen LogP contribution in [0.1, 0.15) is 5.56 Å². The molecule has 5 heteroatoms. The number of fused-ring (bicyclic) bond motifs is 1. The van der Waals surface area contributed by atoms with Gasteiger partial charge in [0.25, 0.3) is 0 Å². The van der Waals surface area contributed by atoms with Crippen LogP contribution in [0.3, 0.4) is 0 Å². The molecule has 1 aromatic heterocycles. The average molecular weight is 421 g/mol. The first kappa shape index (κ1) is 19.9. The van der Waals surface area contributed by atoms with E-state index in [0.717, 1.165) is 46.5 Å². The van der Waals surface area contributed by atoms with Gasteiger partial charge in [-0.1, -0.05) is 84.9 Å². The van der Waals surface area contributed by atoms with Gasteiger partial charge in [-0.3, -0.25) is 4.79 Å². The van der Waals surface area contributed by atoms with Gasteiger partial charge < -0.3 is 9.80 Å². The summed E-state index contributed by atoms with van der Waals surface area (Å²) in [6.45, 7) is 2.78. The number of benzene rings is 3. The fourth-order valence-electron chi connectivity index (χ4n) is 4.11. The van der Waals surface area contributed by atoms with Gasteiger partial charge in [0.15, 0.2) is 5.82 Å². The van der Waals surface area contributed by atoms with Crippen molar-refractivity contribution in [3.05, 3.63) is 96.6 Å². The van der Waals surface area contributed by atoms with Gasteiger partial charge in [0.05, 0.1) is 0 Å². The molecule has 0 spiro atoms. The maximum absolute atomic E-state index is 12.6. The number of anilines is 1. The lowest BCUT2D eigenvalue weighted by molar-refractivity contribution is -0.126. The lowest BCUT2D eigenvalue weighted by Gasteiger charge is -2.35. The SMILES string of the molecule is O=C(C=Cc1ccccc1)N1CCN(c2nnc(-c3ccccc3)c3ccccc23)CC1. The Hall–Kier alpha value is -3.99. The zero-order chi connectivity index (χ0) is 21.8. The summed E-state index contributed by atoms with van der Waals surface area (Å²) in [6.07, 6.45) is 3.53. The van der Waals surface area contributed by atoms with Crippen molar-refractivity contribution in [2.45, 2.75) is 0 Å². The van der Waals surface area contributed by atoms with Crippen LogP contribution in [-0.4, -0.2) is 47.2 Å². The Balaban J connectivity index is 1.33. The molecule has 2 heterocycles. The van der Waals surface area contributed by atoms with Crippen LogP contribution in [0, 0.1) is 0 Å². The minimum absolute atomic E-state index is 0.0453. The molecule has 0 saturated carbocycles. The van der Waals surface area contributed by atoms with Crippen molar-refractivity contribution in [1.82, 2.24) is 15.1 Å². The Morgan fingerprint density at radius 2 is 1.34 bits per heavy atom. The minimum atomic E-state index is 0.0453. The van der Waals surface area contributed by atoms with Crippen LogP contribution in [0.4, 0.5) is 5.82 Å². The Kier molecular flexibility index (Phi) is 5.62. The molecular formula is C27H24N4O. The molecule has 1 aliphatic heterocycles. The second kappa shape index (κ2) is 9.02. The number of carbonyl (C=O) groups excluding carboxylic acids is 1. The number of amides is 1. The molecule has 1 amide bonds. The van der Waals surface area contributed by atoms with Crippen LogP contribution >= 0.6 is 0 Å². The van der Waals surface area contributed by atoms with Crippen LogP contribution in [0.2, 0.25) is 0 Å². The number of aromatic nitrogens is 2. The van der Waals surface area contributed by atoms with E-state index in [1.54, 1.807) is 6.08 Å². The normalized spacial score (nSPS) is 14.2. The maximum Gasteiger partial charge on any atom is 0.246 e. The minimum Gasteiger partial charge on any atom is -0.351 e. The molecule has 0 atom stereocenters. The monoisotopic (exact) mass is 420 g/mol. The van der Waals surface area contributed by atoms with Crippen LogP contribution in [0.5, 0.6) is 0 Å². The summed E-state index contributed by atoms with van der Waals surface area (Å²) in [5.41, 5.74) is 2.98. The Bertz CT molecular complexity index is 1250. The van der Waals surface area contributed by atoms with Crippen molar-refractivity contribution in [2.75, 3.05) is 31.1 Å². The van der Waals surface area contributed by atoms with Crippen molar-refractivity contribution < 1.29 is 4.79 Å². The van der Waals surface area contributed by atoms with Crippen molar-refractivity contribution in [1.29, 1.82) is 0 Å². The molecule has 1 saturated heterocycles. The molecule has 5 rings (SSSR count). The number of hydrogen-bond donors (Lipinski definition) is 0. The molecule has 0 radical (unpaired) electrons. The van der Waals surface area contributed by atoms with Gasteiger partial charge in [-0.05, 0) is 11.6 Å². The highest BCUT2D eigenvalue weighted by molar-refractivity contribution is 6.00. The number of rotatable bonds is 4. The average Bonchev–Trinajstić information content (AvgIpc) is 2.88. The van der Waals surface area contributed by atoms with Crippen molar-refractivity contribution >= 4 is 28.6 Å². The highest BCUT2D eigenvalue weighted by Gasteiger charge is 2.23. The van der Waals surface area contributed by atoms with Gasteiger partial charge in [-0.2, -0.15) is 0 Å². The number of hydrogen-bond acceptors (Lipinski definition) is 4. The third-order valence-electron chi connectivity index (χ3n) is 5.82. The third kappa shape index (κ3) is 4.10. The molecule has 4 aromatic rings. The van der Waals surface area contributed by atoms with E-state index < -0.39 is 0 Å². The van der Waals surface area contributed by atoms with E-state index in [2.05, 4.69) is 39.4 Å². The summed E-state index contributed by atoms with van der Waals surface area (Å²) < 4.78 is 0. The first-order chi connectivity index (χ1) is 15.8. The summed E-state index contributed by atoms with van der Waals surface area (Å²) in [5, 5.41) is 11.4. The Morgan fingerprint density at radius 3 is 2.06 bits per heavy atom. The van der Waals surface area contributed by atoms with Crippen LogP contribution in [0.25, 0.3) is 28.1 Å². The van der Waals surface area contributed by atoms with Crippen molar-refractivity contribution in [3.63, 3.8) is 0 Å². The van der Waals surface area contributed by atoms with Crippen LogP contribution < -0.4 is 4.90 Å². The highest BCUT2D eigenvalue weighted by atomic mass is 16.2. The number of piperazine rings is 1. The molecular weight excluding hydrogens is 396 g/mol. The maximum atomic E-state index is 12.6. The molecule has 0 N–H and O–H groups in total. The topological polar surface area (TPSA) is 49.3 Å². The van der Waals surface area contributed by atoms with Crippen LogP contribution in [-0.2, 0) is 4.79 Å². The lowest BCUT2D eigenvalue weighted by Crippen LogP contribution is -2.48. The standard InChI is InChI=1S/C27H24N4O/c32-25(16-15-21-9-3-1-4-10-21)30-17-19-31(20-18-30)27-24-14-8-7-13-23(24)26(28-29-27)22-11-5-2-6-12-22/h1-16H,17-20H2. The number of nitrogens with zero attached hydrogens (tertiary/aromatic N) is 4. The third-order valence-corrected chi connectivity index (χ3v) is 5.82. The summed E-state index contributed by atoms with van der Waals surface area (Å²) >= 11 is 0. The van der Waals surface area contributed by atoms with E-state index in [1.165, 1.54) is 0 Å². The molecule has 32 heavy (non-hydrogen) atoms. The highest BCUT2D eigenvalue weighted by Crippen LogP contribution is 2.31. The predicted molar refractivity (Wildman–Crippen MR) is 129 cm³/mol. The van der Waals surface area contributed by atoms with Gasteiger partial charge in [0.2, 0.25) is 5.91 Å². The first-order valence-electron chi connectivity index (χ1n) is 10.9. The molecule has 0 bridgehead atoms. The predicted octanol–water partition coefficient (Wildman–Crippen LogP) is 4.66. The largest absolute Gasteiger partial charge is 0.351 e. The fraction of sp³-hybridized carbons (Fsp3) is 0.148. The molecule has 158 valence electrons. The van der Waals surface area contributed by atoms with E-state index in [0.29, 0.717) is 13.1 Å². The van der Waals surface area contributed by atoms with Crippen molar-refractivity contribution in [3.8, 4) is 11.3 Å². The van der Waals surface area contributed by atoms with E-state index in [1.807, 2.05) is 71.6 Å². The van der Waals surface area contributed by atoms with Gasteiger partial charge in [-0.25, -0.2) is 0 Å². The second-order valence-electron chi connectivity index (χ2n) is 7.84. The Morgan fingerprint density at radius 1 is 0.719 bits per heavy atom. The number of carbonyl (C=O) groups is 1.